The Hall–Kier alpha value is -1.01. The first-order valence-electron chi connectivity index (χ1n) is 3.43. The van der Waals surface area contributed by atoms with E-state index in [4.69, 9.17) is 0 Å². The number of rotatable bonds is 1. The molecule has 10 heavy (non-hydrogen) atoms. The molecule has 0 amide bonds. The van der Waals surface area contributed by atoms with Crippen LogP contribution in [-0.2, 0) is 0 Å². The molecule has 0 unspecified atom stereocenters. The van der Waals surface area contributed by atoms with Crippen molar-refractivity contribution in [3.63, 3.8) is 0 Å². The molecule has 0 saturated carbocycles. The van der Waals surface area contributed by atoms with Crippen LogP contribution in [0.4, 0.5) is 0 Å². The van der Waals surface area contributed by atoms with Crippen LogP contribution in [0.1, 0.15) is 13.8 Å². The van der Waals surface area contributed by atoms with Crippen LogP contribution in [0.25, 0.3) is 0 Å². The zero-order chi connectivity index (χ0) is 7.56. The van der Waals surface area contributed by atoms with Gasteiger partial charge in [0.2, 0.25) is 0 Å². The van der Waals surface area contributed by atoms with Gasteiger partial charge in [0.15, 0.2) is 0 Å². The molecular formula is C8H12N2. The lowest BCUT2D eigenvalue weighted by Crippen LogP contribution is -2.16. The van der Waals surface area contributed by atoms with Crippen LogP contribution in [0.15, 0.2) is 23.1 Å². The first-order valence-corrected chi connectivity index (χ1v) is 3.43. The molecule has 54 valence electrons. The summed E-state index contributed by atoms with van der Waals surface area (Å²) < 4.78 is 0. The third-order valence-corrected chi connectivity index (χ3v) is 1.52. The van der Waals surface area contributed by atoms with Crippen molar-refractivity contribution in [1.82, 2.24) is 4.90 Å². The van der Waals surface area contributed by atoms with Gasteiger partial charge in [-0.05, 0) is 5.92 Å². The van der Waals surface area contributed by atoms with E-state index in [1.165, 1.54) is 5.70 Å². The number of nitrogens with zero attached hydrogens (tertiary/aromatic N) is 2. The third kappa shape index (κ3) is 1.28. The first-order chi connectivity index (χ1) is 4.72. The highest BCUT2D eigenvalue weighted by Gasteiger charge is 2.07. The molecule has 1 rings (SSSR count). The maximum absolute atomic E-state index is 3.92. The van der Waals surface area contributed by atoms with Crippen LogP contribution in [-0.4, -0.2) is 17.8 Å². The zero-order valence-electron chi connectivity index (χ0n) is 6.63. The fraction of sp³-hybridized carbons (Fsp3) is 0.500. The van der Waals surface area contributed by atoms with Gasteiger partial charge in [-0.15, -0.1) is 0 Å². The summed E-state index contributed by atoms with van der Waals surface area (Å²) in [6, 6.07) is 0. The largest absolute Gasteiger partial charge is 0.345 e. The Bertz CT molecular complexity index is 207. The molecule has 0 bridgehead atoms. The van der Waals surface area contributed by atoms with Gasteiger partial charge >= 0.3 is 0 Å². The zero-order valence-corrected chi connectivity index (χ0v) is 6.63. The lowest BCUT2D eigenvalue weighted by Gasteiger charge is -2.20. The van der Waals surface area contributed by atoms with E-state index < -0.39 is 0 Å². The van der Waals surface area contributed by atoms with Gasteiger partial charge in [-0.25, -0.2) is 4.99 Å². The normalized spacial score (nSPS) is 16.4. The Morgan fingerprint density at radius 3 is 2.70 bits per heavy atom. The fourth-order valence-electron chi connectivity index (χ4n) is 0.945. The highest BCUT2D eigenvalue weighted by Crippen LogP contribution is 2.14. The Morgan fingerprint density at radius 1 is 1.60 bits per heavy atom. The summed E-state index contributed by atoms with van der Waals surface area (Å²) in [6.45, 7) is 4.30. The number of hydrogen-bond acceptors (Lipinski definition) is 2. The quantitative estimate of drug-likeness (QED) is 0.534. The molecule has 0 fully saturated rings. The van der Waals surface area contributed by atoms with Gasteiger partial charge in [-0.2, -0.15) is 0 Å². The van der Waals surface area contributed by atoms with Crippen molar-refractivity contribution in [2.24, 2.45) is 10.9 Å². The predicted octanol–water partition coefficient (Wildman–Crippen LogP) is 1.61. The van der Waals surface area contributed by atoms with Gasteiger partial charge in [0, 0.05) is 18.6 Å². The standard InChI is InChI=1S/C8H12N2/c1-7(2)8-6-9-4-5-10(8)3/h5-7H,1-3H3. The molecule has 0 aromatic heterocycles. The second-order valence-electron chi connectivity index (χ2n) is 2.71. The lowest BCUT2D eigenvalue weighted by molar-refractivity contribution is 0.487. The maximum atomic E-state index is 3.92. The molecular weight excluding hydrogens is 124 g/mol. The Balaban J connectivity index is 2.80. The van der Waals surface area contributed by atoms with Crippen LogP contribution < -0.4 is 0 Å². The summed E-state index contributed by atoms with van der Waals surface area (Å²) >= 11 is 0. The summed E-state index contributed by atoms with van der Waals surface area (Å²) in [5, 5.41) is 0. The molecule has 0 aromatic carbocycles. The van der Waals surface area contributed by atoms with Crippen LogP contribution in [0.2, 0.25) is 0 Å². The molecule has 2 nitrogen and oxygen atoms in total. The number of aliphatic imine (C=N–C) groups is 1. The van der Waals surface area contributed by atoms with E-state index in [9.17, 15) is 0 Å². The van der Waals surface area contributed by atoms with Gasteiger partial charge in [-0.1, -0.05) is 13.8 Å². The van der Waals surface area contributed by atoms with Crippen molar-refractivity contribution in [2.75, 3.05) is 7.05 Å². The second kappa shape index (κ2) is 2.72. The molecule has 0 aliphatic carbocycles. The van der Waals surface area contributed by atoms with Gasteiger partial charge < -0.3 is 4.90 Å². The van der Waals surface area contributed by atoms with Crippen LogP contribution in [0.5, 0.6) is 0 Å². The summed E-state index contributed by atoms with van der Waals surface area (Å²) in [4.78, 5) is 5.96. The average Bonchev–Trinajstić information content (AvgIpc) is 1.88. The highest BCUT2D eigenvalue weighted by molar-refractivity contribution is 5.54. The number of allylic oxidation sites excluding steroid dienone is 1. The average molecular weight is 136 g/mol. The van der Waals surface area contributed by atoms with Crippen molar-refractivity contribution >= 4 is 5.87 Å². The maximum Gasteiger partial charge on any atom is 0.0662 e. The Morgan fingerprint density at radius 2 is 2.30 bits per heavy atom. The van der Waals surface area contributed by atoms with Crippen LogP contribution in [0, 0.1) is 5.92 Å². The Kier molecular flexibility index (Phi) is 1.93. The molecule has 0 spiro atoms. The molecule has 0 N–H and O–H groups in total. The van der Waals surface area contributed by atoms with Gasteiger partial charge in [0.05, 0.1) is 12.4 Å². The highest BCUT2D eigenvalue weighted by atomic mass is 15.1. The smallest absolute Gasteiger partial charge is 0.0662 e. The van der Waals surface area contributed by atoms with Crippen LogP contribution in [0.3, 0.4) is 0 Å². The van der Waals surface area contributed by atoms with Gasteiger partial charge in [0.25, 0.3) is 0 Å². The molecule has 0 aromatic rings. The minimum absolute atomic E-state index is 0.534. The molecule has 2 heteroatoms. The van der Waals surface area contributed by atoms with E-state index in [-0.39, 0.29) is 0 Å². The van der Waals surface area contributed by atoms with E-state index in [0.717, 1.165) is 0 Å². The lowest BCUT2D eigenvalue weighted by atomic mass is 10.1. The molecule has 0 atom stereocenters. The number of hydrogen-bond donors (Lipinski definition) is 0. The van der Waals surface area contributed by atoms with E-state index in [0.29, 0.717) is 5.92 Å². The first kappa shape index (κ1) is 7.10. The summed E-state index contributed by atoms with van der Waals surface area (Å²) in [5.74, 6) is 3.30. The van der Waals surface area contributed by atoms with Crippen molar-refractivity contribution in [3.05, 3.63) is 18.1 Å². The summed E-state index contributed by atoms with van der Waals surface area (Å²) in [5.41, 5.74) is 1.23. The van der Waals surface area contributed by atoms with E-state index >= 15 is 0 Å². The molecule has 1 heterocycles. The van der Waals surface area contributed by atoms with Crippen molar-refractivity contribution < 1.29 is 0 Å². The minimum atomic E-state index is 0.534. The molecule has 0 saturated heterocycles. The van der Waals surface area contributed by atoms with E-state index in [1.54, 1.807) is 0 Å². The van der Waals surface area contributed by atoms with Gasteiger partial charge in [0.1, 0.15) is 0 Å². The Labute approximate surface area is 61.6 Å². The molecule has 1 aliphatic rings. The van der Waals surface area contributed by atoms with Crippen molar-refractivity contribution in [3.8, 4) is 0 Å². The van der Waals surface area contributed by atoms with Gasteiger partial charge in [-0.3, -0.25) is 0 Å². The van der Waals surface area contributed by atoms with E-state index in [1.807, 2.05) is 24.3 Å². The summed E-state index contributed by atoms with van der Waals surface area (Å²) in [7, 11) is 2.01. The predicted molar refractivity (Wildman–Crippen MR) is 42.7 cm³/mol. The van der Waals surface area contributed by atoms with Crippen LogP contribution >= 0.6 is 0 Å². The van der Waals surface area contributed by atoms with Crippen molar-refractivity contribution in [2.45, 2.75) is 13.8 Å². The molecule has 1 aliphatic heterocycles. The summed E-state index contributed by atoms with van der Waals surface area (Å²) in [6.07, 6.45) is 3.69. The van der Waals surface area contributed by atoms with Crippen molar-refractivity contribution in [1.29, 1.82) is 0 Å². The SMILES string of the molecule is CC(C)C1=CN=C=CN1C. The third-order valence-electron chi connectivity index (χ3n) is 1.52. The fourth-order valence-corrected chi connectivity index (χ4v) is 0.945. The molecule has 0 radical (unpaired) electrons. The van der Waals surface area contributed by atoms with E-state index in [2.05, 4.69) is 24.7 Å². The monoisotopic (exact) mass is 136 g/mol. The topological polar surface area (TPSA) is 15.6 Å². The minimum Gasteiger partial charge on any atom is -0.345 e. The second-order valence-corrected chi connectivity index (χ2v) is 2.71.